The second-order valence-electron chi connectivity index (χ2n) is 6.02. The number of hydrogen-bond acceptors (Lipinski definition) is 7. The van der Waals surface area contributed by atoms with Crippen molar-refractivity contribution in [2.45, 2.75) is 6.54 Å². The highest BCUT2D eigenvalue weighted by Gasteiger charge is 2.16. The lowest BCUT2D eigenvalue weighted by Gasteiger charge is -2.29. The van der Waals surface area contributed by atoms with Gasteiger partial charge in [-0.15, -0.1) is 0 Å². The molecule has 0 amide bonds. The first-order chi connectivity index (χ1) is 13.2. The molecule has 1 saturated heterocycles. The molecule has 0 aliphatic carbocycles. The standard InChI is InChI=1S/C18H17Cl2N5O2/c19-14-8-13(9-15(20)10-14)16-23-18(27-24-16)22-11-12-2-1-3-21-17(12)25-4-6-26-7-5-25/h1-3,8-10H,4-7,11H2,(H,22,23,24). The van der Waals surface area contributed by atoms with Gasteiger partial charge in [0.05, 0.1) is 13.2 Å². The molecule has 3 heterocycles. The van der Waals surface area contributed by atoms with Crippen LogP contribution in [0.4, 0.5) is 11.8 Å². The molecule has 0 atom stereocenters. The molecule has 9 heteroatoms. The number of halogens is 2. The summed E-state index contributed by atoms with van der Waals surface area (Å²) in [4.78, 5) is 11.1. The van der Waals surface area contributed by atoms with E-state index < -0.39 is 0 Å². The molecular weight excluding hydrogens is 389 g/mol. The summed E-state index contributed by atoms with van der Waals surface area (Å²) < 4.78 is 10.7. The van der Waals surface area contributed by atoms with Gasteiger partial charge in [0.25, 0.3) is 0 Å². The van der Waals surface area contributed by atoms with Crippen LogP contribution in [-0.4, -0.2) is 41.4 Å². The van der Waals surface area contributed by atoms with Gasteiger partial charge in [0, 0.05) is 47.0 Å². The molecule has 1 aliphatic heterocycles. The normalized spacial score (nSPS) is 14.4. The van der Waals surface area contributed by atoms with Gasteiger partial charge in [0.15, 0.2) is 0 Å². The summed E-state index contributed by atoms with van der Waals surface area (Å²) >= 11 is 12.1. The minimum atomic E-state index is 0.317. The van der Waals surface area contributed by atoms with E-state index in [1.165, 1.54) is 0 Å². The Hall–Kier alpha value is -2.35. The molecule has 1 N–H and O–H groups in total. The van der Waals surface area contributed by atoms with Gasteiger partial charge in [-0.05, 0) is 24.3 Å². The van der Waals surface area contributed by atoms with E-state index >= 15 is 0 Å². The predicted molar refractivity (Wildman–Crippen MR) is 104 cm³/mol. The zero-order valence-corrected chi connectivity index (χ0v) is 15.9. The molecule has 7 nitrogen and oxygen atoms in total. The summed E-state index contributed by atoms with van der Waals surface area (Å²) in [5, 5.41) is 8.17. The SMILES string of the molecule is Clc1cc(Cl)cc(-c2noc(NCc3cccnc3N3CCOCC3)n2)c1. The van der Waals surface area contributed by atoms with Gasteiger partial charge in [-0.1, -0.05) is 34.4 Å². The van der Waals surface area contributed by atoms with Gasteiger partial charge in [0.1, 0.15) is 5.82 Å². The van der Waals surface area contributed by atoms with Crippen molar-refractivity contribution in [1.82, 2.24) is 15.1 Å². The van der Waals surface area contributed by atoms with Crippen molar-refractivity contribution in [3.63, 3.8) is 0 Å². The molecule has 140 valence electrons. The fraction of sp³-hybridized carbons (Fsp3) is 0.278. The molecule has 1 fully saturated rings. The molecule has 0 radical (unpaired) electrons. The average molecular weight is 406 g/mol. The summed E-state index contributed by atoms with van der Waals surface area (Å²) in [5.74, 6) is 1.36. The van der Waals surface area contributed by atoms with Crippen molar-refractivity contribution in [1.29, 1.82) is 0 Å². The Labute approximate surface area is 166 Å². The summed E-state index contributed by atoms with van der Waals surface area (Å²) in [6.07, 6.45) is 1.79. The number of aromatic nitrogens is 3. The Morgan fingerprint density at radius 1 is 1.11 bits per heavy atom. The topological polar surface area (TPSA) is 76.3 Å². The second-order valence-corrected chi connectivity index (χ2v) is 6.89. The molecule has 0 bridgehead atoms. The predicted octanol–water partition coefficient (Wildman–Crippen LogP) is 3.89. The average Bonchev–Trinajstić information content (AvgIpc) is 3.16. The van der Waals surface area contributed by atoms with Gasteiger partial charge in [-0.3, -0.25) is 0 Å². The Morgan fingerprint density at radius 3 is 2.67 bits per heavy atom. The van der Waals surface area contributed by atoms with Crippen LogP contribution in [0.3, 0.4) is 0 Å². The fourth-order valence-corrected chi connectivity index (χ4v) is 3.42. The molecule has 0 spiro atoms. The van der Waals surface area contributed by atoms with Gasteiger partial charge in [-0.25, -0.2) is 4.98 Å². The van der Waals surface area contributed by atoms with E-state index in [-0.39, 0.29) is 0 Å². The quantitative estimate of drug-likeness (QED) is 0.689. The molecule has 0 unspecified atom stereocenters. The van der Waals surface area contributed by atoms with Crippen LogP contribution in [0.25, 0.3) is 11.4 Å². The number of pyridine rings is 1. The van der Waals surface area contributed by atoms with Gasteiger partial charge in [0.2, 0.25) is 5.82 Å². The minimum absolute atomic E-state index is 0.317. The molecule has 3 aromatic rings. The highest BCUT2D eigenvalue weighted by atomic mass is 35.5. The molecule has 0 saturated carbocycles. The van der Waals surface area contributed by atoms with Crippen molar-refractivity contribution in [3.8, 4) is 11.4 Å². The number of hydrogen-bond donors (Lipinski definition) is 1. The van der Waals surface area contributed by atoms with E-state index in [4.69, 9.17) is 32.5 Å². The Balaban J connectivity index is 1.48. The van der Waals surface area contributed by atoms with Crippen LogP contribution in [0.2, 0.25) is 10.0 Å². The van der Waals surface area contributed by atoms with E-state index in [1.54, 1.807) is 24.4 Å². The Bertz CT molecular complexity index is 907. The van der Waals surface area contributed by atoms with E-state index in [2.05, 4.69) is 25.3 Å². The summed E-state index contributed by atoms with van der Waals surface area (Å²) in [5.41, 5.74) is 1.74. The smallest absolute Gasteiger partial charge is 0.322 e. The number of nitrogens with zero attached hydrogens (tertiary/aromatic N) is 4. The molecule has 2 aromatic heterocycles. The van der Waals surface area contributed by atoms with E-state index in [0.29, 0.717) is 47.2 Å². The Kier molecular flexibility index (Phi) is 5.42. The molecule has 27 heavy (non-hydrogen) atoms. The van der Waals surface area contributed by atoms with E-state index in [0.717, 1.165) is 24.5 Å². The number of ether oxygens (including phenoxy) is 1. The monoisotopic (exact) mass is 405 g/mol. The minimum Gasteiger partial charge on any atom is -0.378 e. The third-order valence-electron chi connectivity index (χ3n) is 4.15. The maximum absolute atomic E-state index is 6.03. The van der Waals surface area contributed by atoms with Gasteiger partial charge < -0.3 is 19.5 Å². The molecular formula is C18H17Cl2N5O2. The second kappa shape index (κ2) is 8.12. The fourth-order valence-electron chi connectivity index (χ4n) is 2.89. The maximum Gasteiger partial charge on any atom is 0.322 e. The molecule has 4 rings (SSSR count). The molecule has 1 aliphatic rings. The first kappa shape index (κ1) is 18.0. The lowest BCUT2D eigenvalue weighted by Crippen LogP contribution is -2.37. The van der Waals surface area contributed by atoms with Crippen LogP contribution in [0.1, 0.15) is 5.56 Å². The lowest BCUT2D eigenvalue weighted by molar-refractivity contribution is 0.122. The van der Waals surface area contributed by atoms with Crippen molar-refractivity contribution >= 4 is 35.0 Å². The zero-order valence-electron chi connectivity index (χ0n) is 14.4. The number of morpholine rings is 1. The third-order valence-corrected chi connectivity index (χ3v) is 4.59. The van der Waals surface area contributed by atoms with Crippen LogP contribution in [0.5, 0.6) is 0 Å². The van der Waals surface area contributed by atoms with E-state index in [1.807, 2.05) is 12.1 Å². The third kappa shape index (κ3) is 4.32. The van der Waals surface area contributed by atoms with Crippen LogP contribution < -0.4 is 10.2 Å². The van der Waals surface area contributed by atoms with Gasteiger partial charge >= 0.3 is 6.01 Å². The highest BCUT2D eigenvalue weighted by molar-refractivity contribution is 6.35. The van der Waals surface area contributed by atoms with Crippen LogP contribution in [-0.2, 0) is 11.3 Å². The number of anilines is 2. The lowest BCUT2D eigenvalue weighted by atomic mass is 10.2. The summed E-state index contributed by atoms with van der Waals surface area (Å²) in [6.45, 7) is 3.57. The maximum atomic E-state index is 6.03. The van der Waals surface area contributed by atoms with Crippen molar-refractivity contribution in [2.24, 2.45) is 0 Å². The van der Waals surface area contributed by atoms with Crippen LogP contribution in [0.15, 0.2) is 41.1 Å². The number of benzene rings is 1. The van der Waals surface area contributed by atoms with Gasteiger partial charge in [-0.2, -0.15) is 4.98 Å². The van der Waals surface area contributed by atoms with Crippen molar-refractivity contribution in [2.75, 3.05) is 36.5 Å². The zero-order chi connectivity index (χ0) is 18.6. The first-order valence-electron chi connectivity index (χ1n) is 8.50. The largest absolute Gasteiger partial charge is 0.378 e. The summed E-state index contributed by atoms with van der Waals surface area (Å²) in [7, 11) is 0. The van der Waals surface area contributed by atoms with Crippen molar-refractivity contribution in [3.05, 3.63) is 52.1 Å². The first-order valence-corrected chi connectivity index (χ1v) is 9.25. The number of nitrogens with one attached hydrogen (secondary N) is 1. The Morgan fingerprint density at radius 2 is 1.89 bits per heavy atom. The number of rotatable bonds is 5. The van der Waals surface area contributed by atoms with Crippen LogP contribution >= 0.6 is 23.2 Å². The van der Waals surface area contributed by atoms with Crippen LogP contribution in [0, 0.1) is 0 Å². The van der Waals surface area contributed by atoms with E-state index in [9.17, 15) is 0 Å². The molecule has 1 aromatic carbocycles. The summed E-state index contributed by atoms with van der Waals surface area (Å²) in [6, 6.07) is 9.38. The highest BCUT2D eigenvalue weighted by Crippen LogP contribution is 2.26. The van der Waals surface area contributed by atoms with Crippen molar-refractivity contribution < 1.29 is 9.26 Å².